The molecule has 0 aliphatic carbocycles. The second-order valence-corrected chi connectivity index (χ2v) is 9.29. The van der Waals surface area contributed by atoms with Crippen LogP contribution in [-0.4, -0.2) is 70.1 Å². The molecule has 1 unspecified atom stereocenters. The summed E-state index contributed by atoms with van der Waals surface area (Å²) in [6.07, 6.45) is 1.44. The highest BCUT2D eigenvalue weighted by molar-refractivity contribution is 6.69. The van der Waals surface area contributed by atoms with E-state index in [1.165, 1.54) is 4.90 Å². The van der Waals surface area contributed by atoms with Gasteiger partial charge in [-0.1, -0.05) is 30.3 Å². The summed E-state index contributed by atoms with van der Waals surface area (Å²) in [5, 5.41) is 24.0. The molecule has 0 saturated carbocycles. The van der Waals surface area contributed by atoms with Gasteiger partial charge in [-0.25, -0.2) is 0 Å². The van der Waals surface area contributed by atoms with Gasteiger partial charge in [0.25, 0.3) is 5.91 Å². The largest absolute Gasteiger partial charge is 0.505 e. The van der Waals surface area contributed by atoms with E-state index in [-0.39, 0.29) is 23.9 Å². The Morgan fingerprint density at radius 2 is 1.83 bits per heavy atom. The molecule has 2 aromatic carbocycles. The number of likely N-dealkylation sites (tertiary alicyclic amines) is 2. The number of phenolic OH excluding ortho intramolecular Hbond substituents is 1. The van der Waals surface area contributed by atoms with E-state index in [1.807, 2.05) is 43.0 Å². The Bertz CT molecular complexity index is 1200. The average molecular weight is 479 g/mol. The summed E-state index contributed by atoms with van der Waals surface area (Å²) in [5.41, 5.74) is 6.44. The number of benzene rings is 2. The van der Waals surface area contributed by atoms with E-state index in [0.717, 1.165) is 35.1 Å². The molecule has 2 aliphatic rings. The monoisotopic (exact) mass is 478 g/mol. The summed E-state index contributed by atoms with van der Waals surface area (Å²) >= 11 is 0. The fraction of sp³-hybridized carbons (Fsp3) is 0.385. The Balaban J connectivity index is 1.51. The molecule has 3 N–H and O–H groups in total. The molecular weight excluding hydrogens is 448 g/mol. The second-order valence-electron chi connectivity index (χ2n) is 9.29. The van der Waals surface area contributed by atoms with Crippen LogP contribution < -0.4 is 5.43 Å². The molecule has 9 heteroatoms. The Labute approximate surface area is 204 Å². The Hall–Kier alpha value is -3.72. The van der Waals surface area contributed by atoms with E-state index in [9.17, 15) is 19.5 Å². The first-order valence-electron chi connectivity index (χ1n) is 11.7. The van der Waals surface area contributed by atoms with Gasteiger partial charge in [0.1, 0.15) is 11.8 Å². The van der Waals surface area contributed by atoms with Crippen LogP contribution in [0.5, 0.6) is 5.75 Å². The molecule has 0 spiro atoms. The Morgan fingerprint density at radius 3 is 2.49 bits per heavy atom. The number of aryl methyl sites for hydroxylation is 2. The lowest BCUT2D eigenvalue weighted by Crippen LogP contribution is -2.36. The zero-order valence-corrected chi connectivity index (χ0v) is 20.1. The minimum Gasteiger partial charge on any atom is -0.505 e. The number of para-hydroxylation sites is 1. The number of carbonyl (C=O) groups is 3. The Kier molecular flexibility index (Phi) is 6.88. The number of aromatic hydroxyl groups is 1. The van der Waals surface area contributed by atoms with Gasteiger partial charge in [-0.2, -0.15) is 5.10 Å². The lowest BCUT2D eigenvalue weighted by Gasteiger charge is -2.31. The van der Waals surface area contributed by atoms with Crippen LogP contribution in [0, 0.1) is 13.8 Å². The molecule has 2 aliphatic heterocycles. The van der Waals surface area contributed by atoms with E-state index in [0.29, 0.717) is 18.8 Å². The highest BCUT2D eigenvalue weighted by Crippen LogP contribution is 2.38. The van der Waals surface area contributed by atoms with Gasteiger partial charge in [0.2, 0.25) is 5.78 Å². The van der Waals surface area contributed by atoms with Crippen LogP contribution in [0.3, 0.4) is 0 Å². The predicted octanol–water partition coefficient (Wildman–Crippen LogP) is 2.82. The maximum absolute atomic E-state index is 13.1. The quantitative estimate of drug-likeness (QED) is 0.431. The normalized spacial score (nSPS) is 20.6. The first-order valence-corrected chi connectivity index (χ1v) is 11.7. The minimum absolute atomic E-state index is 0.0114. The molecule has 0 radical (unpaired) electrons. The fourth-order valence-electron chi connectivity index (χ4n) is 4.80. The lowest BCUT2D eigenvalue weighted by molar-refractivity contribution is -0.138. The lowest BCUT2D eigenvalue weighted by atomic mass is 9.88. The van der Waals surface area contributed by atoms with Gasteiger partial charge in [0, 0.05) is 7.05 Å². The third kappa shape index (κ3) is 4.90. The molecule has 4 rings (SSSR count). The highest BCUT2D eigenvalue weighted by Gasteiger charge is 2.43. The number of nitrogens with one attached hydrogen (secondary N) is 1. The van der Waals surface area contributed by atoms with E-state index < -0.39 is 23.7 Å². The minimum atomic E-state index is -0.849. The third-order valence-corrected chi connectivity index (χ3v) is 6.98. The summed E-state index contributed by atoms with van der Waals surface area (Å²) in [6.45, 7) is 5.22. The van der Waals surface area contributed by atoms with Gasteiger partial charge in [0.05, 0.1) is 12.2 Å². The first kappa shape index (κ1) is 24.4. The van der Waals surface area contributed by atoms with Gasteiger partial charge < -0.3 is 15.1 Å². The van der Waals surface area contributed by atoms with Crippen LogP contribution >= 0.6 is 0 Å². The van der Waals surface area contributed by atoms with Crippen LogP contribution in [0.4, 0.5) is 5.69 Å². The van der Waals surface area contributed by atoms with Crippen molar-refractivity contribution in [1.29, 1.82) is 0 Å². The number of nitrogens with zero attached hydrogens (tertiary/aromatic N) is 3. The number of ketones is 1. The number of anilines is 1. The first-order chi connectivity index (χ1) is 16.7. The number of carbonyl (C=O) groups excluding carboxylic acids is 2. The van der Waals surface area contributed by atoms with E-state index in [4.69, 9.17) is 5.11 Å². The Morgan fingerprint density at radius 1 is 1.11 bits per heavy atom. The van der Waals surface area contributed by atoms with Gasteiger partial charge in [-0.15, -0.1) is 0 Å². The standard InChI is InChI=1S/C26H30N4O5/c1-15-7-8-18(13-16(15)2)23-25(34)22(26(35)29(23)3)28-27-20-6-4-5-19(24(20)33)17-9-11-30(12-10-17)14-21(31)32/h4-8,13,17,23,27,33H,9-12,14H2,1-3H3,(H,31,32). The number of aliphatic carboxylic acids is 1. The van der Waals surface area contributed by atoms with Crippen molar-refractivity contribution in [2.24, 2.45) is 5.10 Å². The summed E-state index contributed by atoms with van der Waals surface area (Å²) in [6, 6.07) is 10.2. The number of Topliss-reactive ketones (excluding diaryl/α,β-unsaturated/α-hetero) is 1. The molecule has 35 heavy (non-hydrogen) atoms. The van der Waals surface area contributed by atoms with Crippen LogP contribution in [0.1, 0.15) is 47.1 Å². The van der Waals surface area contributed by atoms with Crippen LogP contribution in [0.15, 0.2) is 41.5 Å². The average Bonchev–Trinajstić information content (AvgIpc) is 3.03. The van der Waals surface area contributed by atoms with Crippen LogP contribution in [0.2, 0.25) is 0 Å². The van der Waals surface area contributed by atoms with Crippen LogP contribution in [-0.2, 0) is 14.4 Å². The number of hydrazone groups is 1. The topological polar surface area (TPSA) is 123 Å². The van der Waals surface area contributed by atoms with Gasteiger partial charge >= 0.3 is 5.97 Å². The molecule has 0 bridgehead atoms. The summed E-state index contributed by atoms with van der Waals surface area (Å²) in [7, 11) is 1.58. The molecule has 2 aromatic rings. The third-order valence-electron chi connectivity index (χ3n) is 6.98. The van der Waals surface area contributed by atoms with Gasteiger partial charge in [-0.3, -0.25) is 24.7 Å². The molecular formula is C26H30N4O5. The molecule has 2 fully saturated rings. The van der Waals surface area contributed by atoms with Crippen molar-refractivity contribution in [1.82, 2.24) is 9.80 Å². The summed E-state index contributed by atoms with van der Waals surface area (Å²) in [5.74, 6) is -1.63. The number of carboxylic acids is 1. The molecule has 2 saturated heterocycles. The van der Waals surface area contributed by atoms with Crippen molar-refractivity contribution >= 4 is 29.1 Å². The smallest absolute Gasteiger partial charge is 0.317 e. The summed E-state index contributed by atoms with van der Waals surface area (Å²) in [4.78, 5) is 40.1. The number of rotatable bonds is 6. The predicted molar refractivity (Wildman–Crippen MR) is 132 cm³/mol. The number of hydrogen-bond donors (Lipinski definition) is 3. The van der Waals surface area contributed by atoms with E-state index >= 15 is 0 Å². The van der Waals surface area contributed by atoms with E-state index in [1.54, 1.807) is 19.2 Å². The summed E-state index contributed by atoms with van der Waals surface area (Å²) < 4.78 is 0. The molecule has 2 heterocycles. The second kappa shape index (κ2) is 9.87. The number of hydrogen-bond acceptors (Lipinski definition) is 7. The van der Waals surface area contributed by atoms with Crippen molar-refractivity contribution < 1.29 is 24.6 Å². The van der Waals surface area contributed by atoms with Crippen LogP contribution in [0.25, 0.3) is 0 Å². The molecule has 184 valence electrons. The zero-order valence-electron chi connectivity index (χ0n) is 20.1. The number of likely N-dealkylation sites (N-methyl/N-ethyl adjacent to an activating group) is 1. The number of amides is 1. The van der Waals surface area contributed by atoms with Crippen molar-refractivity contribution in [3.63, 3.8) is 0 Å². The maximum Gasteiger partial charge on any atom is 0.317 e. The SMILES string of the molecule is Cc1ccc(C2C(=O)C(=NNc3cccc(C4CCN(CC(=O)O)CC4)c3O)C(=O)N2C)cc1C. The van der Waals surface area contributed by atoms with Crippen molar-refractivity contribution in [2.45, 2.75) is 38.6 Å². The van der Waals surface area contributed by atoms with Crippen molar-refractivity contribution in [2.75, 3.05) is 32.1 Å². The molecule has 1 amide bonds. The van der Waals surface area contributed by atoms with E-state index in [2.05, 4.69) is 10.5 Å². The molecule has 9 nitrogen and oxygen atoms in total. The van der Waals surface area contributed by atoms with Crippen molar-refractivity contribution in [3.8, 4) is 5.75 Å². The molecule has 0 aromatic heterocycles. The fourth-order valence-corrected chi connectivity index (χ4v) is 4.80. The van der Waals surface area contributed by atoms with Crippen molar-refractivity contribution in [3.05, 3.63) is 58.7 Å². The number of piperidine rings is 1. The maximum atomic E-state index is 13.1. The van der Waals surface area contributed by atoms with Gasteiger partial charge in [0.15, 0.2) is 5.71 Å². The van der Waals surface area contributed by atoms with Gasteiger partial charge in [-0.05, 0) is 74.0 Å². The number of phenols is 1. The number of carboxylic acid groups (broad SMARTS) is 1. The highest BCUT2D eigenvalue weighted by atomic mass is 16.4. The molecule has 1 atom stereocenters. The zero-order chi connectivity index (χ0) is 25.3.